The highest BCUT2D eigenvalue weighted by Crippen LogP contribution is 2.42. The maximum atomic E-state index is 10.7. The number of para-hydroxylation sites is 2. The summed E-state index contributed by atoms with van der Waals surface area (Å²) >= 11 is 0. The molecule has 0 aliphatic heterocycles. The summed E-state index contributed by atoms with van der Waals surface area (Å²) in [4.78, 5) is 4.88. The zero-order valence-electron chi connectivity index (χ0n) is 82.0. The van der Waals surface area contributed by atoms with Crippen LogP contribution in [0.25, 0.3) is 94.5 Å². The van der Waals surface area contributed by atoms with Crippen molar-refractivity contribution in [3.8, 4) is 73.2 Å². The average Bonchev–Trinajstić information content (AvgIpc) is 1.58. The van der Waals surface area contributed by atoms with E-state index in [1.807, 2.05) is 107 Å². The zero-order chi connectivity index (χ0) is 90.3. The van der Waals surface area contributed by atoms with Crippen molar-refractivity contribution in [2.24, 2.45) is 0 Å². The summed E-state index contributed by atoms with van der Waals surface area (Å²) in [6.45, 7) is 18.4. The molecule has 468 valence electrons. The second kappa shape index (κ2) is 24.4. The van der Waals surface area contributed by atoms with E-state index < -0.39 is 231 Å². The molecule has 0 radical (unpaired) electrons. The van der Waals surface area contributed by atoms with Crippen LogP contribution < -0.4 is 30.1 Å². The Labute approximate surface area is 605 Å². The van der Waals surface area contributed by atoms with Crippen LogP contribution in [0.2, 0.25) is 0 Å². The van der Waals surface area contributed by atoms with Crippen LogP contribution in [0.3, 0.4) is 0 Å². The molecule has 5 nitrogen and oxygen atoms in total. The van der Waals surface area contributed by atoms with Gasteiger partial charge < -0.3 is 4.74 Å². The number of fused-ring (bicyclic) bond motifs is 4. The second-order valence-corrected chi connectivity index (χ2v) is 30.1. The summed E-state index contributed by atoms with van der Waals surface area (Å²) in [7, 11) is -5.96. The van der Waals surface area contributed by atoms with Crippen molar-refractivity contribution in [1.29, 1.82) is 0 Å². The van der Waals surface area contributed by atoms with Gasteiger partial charge in [-0.05, 0) is 165 Å². The van der Waals surface area contributed by atoms with Crippen molar-refractivity contribution >= 4 is 61.7 Å². The summed E-state index contributed by atoms with van der Waals surface area (Å²) in [5.74, 6) is 1.14. The molecule has 0 amide bonds. The average molecular weight is 1290 g/mol. The third-order valence-electron chi connectivity index (χ3n) is 17.3. The van der Waals surface area contributed by atoms with E-state index in [2.05, 4.69) is 33.2 Å². The third-order valence-corrected chi connectivity index (χ3v) is 21.4. The van der Waals surface area contributed by atoms with Crippen molar-refractivity contribution in [3.05, 3.63) is 332 Å². The Bertz CT molecular complexity index is 6720. The maximum Gasteiger partial charge on any atom is 0.269 e. The molecule has 0 atom stereocenters. The van der Waals surface area contributed by atoms with Gasteiger partial charge in [-0.3, -0.25) is 13.7 Å². The Kier molecular flexibility index (Phi) is 9.48. The molecule has 12 aromatic carbocycles. The van der Waals surface area contributed by atoms with E-state index >= 15 is 0 Å². The fourth-order valence-corrected chi connectivity index (χ4v) is 16.2. The molecule has 0 aliphatic carbocycles. The molecule has 15 rings (SSSR count). The van der Waals surface area contributed by atoms with E-state index in [0.29, 0.717) is 17.1 Å². The summed E-state index contributed by atoms with van der Waals surface area (Å²) in [5, 5.41) is -0.889. The van der Waals surface area contributed by atoms with Gasteiger partial charge >= 0.3 is 0 Å². The van der Waals surface area contributed by atoms with Crippen molar-refractivity contribution in [2.75, 3.05) is 0 Å². The topological polar surface area (TPSA) is 35.9 Å². The fraction of sp³-hybridized carbons (Fsp3) is 0.133. The highest BCUT2D eigenvalue weighted by molar-refractivity contribution is 7.20. The molecule has 96 heavy (non-hydrogen) atoms. The Morgan fingerprint density at radius 2 is 0.927 bits per heavy atom. The highest BCUT2D eigenvalue weighted by atomic mass is 28.3. The Hall–Kier alpha value is -10.9. The molecule has 3 aromatic heterocycles. The highest BCUT2D eigenvalue weighted by Gasteiger charge is 2.42. The van der Waals surface area contributed by atoms with E-state index in [1.165, 1.54) is 33.4 Å². The Morgan fingerprint density at radius 3 is 1.51 bits per heavy atom. The number of nitrogens with zero attached hydrogens (tertiary/aromatic N) is 4. The lowest BCUT2D eigenvalue weighted by molar-refractivity contribution is -0.571. The first-order valence-corrected chi connectivity index (χ1v) is 33.2. The smallest absolute Gasteiger partial charge is 0.269 e. The third kappa shape index (κ3) is 11.3. The first-order chi connectivity index (χ1) is 58.1. The number of ether oxygens (including phenoxy) is 1. The standard InChI is InChI=1S/C90H78N4OSi/c1-88(2,3)68-49-50-91-86(57-68)94-82-44-26-25-41-80(82)81-47-45-73(59-84(81)94)95-72-34-27-33-71(58-72)92-61-93(83-48-46-77(60-85(83)92)96(74-35-19-12-20-36-74,75-37-21-13-22-38-75)76-39-23-14-24-40-76)87-78(42-28-43-79(87)67-54-69(89(4,5)6)56-70(55-67)90(7,8)9)66-52-64(62-29-15-10-16-30-62)51-65(53-66)63-31-17-11-18-32-63/h10-60H,1-9H3/i10D,11D,12D,13D,14D,15D,16D,17D,18D,19D,20D,21D,22D,23D,24D,29D,30D,31D,32D,35D,36D,37D,38D,39D,40D,51D,52D,53D. The van der Waals surface area contributed by atoms with E-state index in [1.54, 1.807) is 48.7 Å². The first-order valence-electron chi connectivity index (χ1n) is 45.2. The van der Waals surface area contributed by atoms with Crippen LogP contribution in [0.15, 0.2) is 309 Å². The fourth-order valence-electron chi connectivity index (χ4n) is 12.4. The number of rotatable bonds is 13. The van der Waals surface area contributed by atoms with Crippen LogP contribution in [0.4, 0.5) is 0 Å². The van der Waals surface area contributed by atoms with Crippen LogP contribution in [-0.4, -0.2) is 22.2 Å². The number of aromatic nitrogens is 4. The van der Waals surface area contributed by atoms with Gasteiger partial charge in [-0.2, -0.15) is 0 Å². The molecule has 0 fully saturated rings. The quantitative estimate of drug-likeness (QED) is 0.0499. The molecule has 3 heterocycles. The number of benzene rings is 12. The second-order valence-electron chi connectivity index (χ2n) is 26.5. The zero-order valence-corrected chi connectivity index (χ0v) is 55.0. The Morgan fingerprint density at radius 1 is 0.406 bits per heavy atom. The molecule has 0 bridgehead atoms. The van der Waals surface area contributed by atoms with Crippen LogP contribution in [-0.2, 0) is 16.2 Å². The lowest BCUT2D eigenvalue weighted by Gasteiger charge is -2.34. The normalized spacial score (nSPS) is 16.3. The molecular weight excluding hydrogens is 1180 g/mol. The first kappa shape index (κ1) is 37.2. The van der Waals surface area contributed by atoms with Crippen LogP contribution in [0.1, 0.15) is 117 Å². The molecule has 0 unspecified atom stereocenters. The molecule has 0 N–H and O–H groups in total. The van der Waals surface area contributed by atoms with Crippen LogP contribution in [0, 0.1) is 6.33 Å². The van der Waals surface area contributed by atoms with Gasteiger partial charge in [0.1, 0.15) is 17.3 Å². The van der Waals surface area contributed by atoms with Crippen LogP contribution in [0.5, 0.6) is 11.5 Å². The summed E-state index contributed by atoms with van der Waals surface area (Å²) in [5.41, 5.74) is 0.0518. The molecule has 15 aromatic rings. The lowest BCUT2D eigenvalue weighted by Crippen LogP contribution is -2.74. The molecule has 0 saturated heterocycles. The van der Waals surface area contributed by atoms with Gasteiger partial charge in [0.2, 0.25) is 0 Å². The van der Waals surface area contributed by atoms with E-state index in [0.717, 1.165) is 38.5 Å². The van der Waals surface area contributed by atoms with Gasteiger partial charge in [-0.1, -0.05) is 292 Å². The minimum atomic E-state index is -5.96. The molecule has 0 saturated carbocycles. The lowest BCUT2D eigenvalue weighted by atomic mass is 9.78. The van der Waals surface area contributed by atoms with Crippen molar-refractivity contribution in [1.82, 2.24) is 14.1 Å². The monoisotopic (exact) mass is 1290 g/mol. The van der Waals surface area contributed by atoms with Crippen molar-refractivity contribution < 1.29 is 47.7 Å². The largest absolute Gasteiger partial charge is 0.458 e. The number of imidazole rings is 1. The van der Waals surface area contributed by atoms with Gasteiger partial charge in [0.25, 0.3) is 6.33 Å². The Balaban J connectivity index is 1.15. The van der Waals surface area contributed by atoms with E-state index in [4.69, 9.17) is 22.1 Å². The molecule has 0 aliphatic rings. The number of hydrogen-bond donors (Lipinski definition) is 0. The van der Waals surface area contributed by atoms with Gasteiger partial charge in [0, 0.05) is 23.0 Å². The van der Waals surface area contributed by atoms with E-state index in [9.17, 15) is 26.0 Å². The van der Waals surface area contributed by atoms with Gasteiger partial charge in [-0.25, -0.2) is 4.98 Å². The summed E-state index contributed by atoms with van der Waals surface area (Å²) in [6, 6.07) is 12.4. The number of pyridine rings is 1. The summed E-state index contributed by atoms with van der Waals surface area (Å²) in [6.07, 6.45) is 5.31. The van der Waals surface area contributed by atoms with Gasteiger partial charge in [-0.15, -0.1) is 0 Å². The predicted octanol–water partition coefficient (Wildman–Crippen LogP) is 19.9. The maximum absolute atomic E-state index is 10.7. The van der Waals surface area contributed by atoms with E-state index in [-0.39, 0.29) is 49.9 Å². The minimum absolute atomic E-state index is 0.0205. The van der Waals surface area contributed by atoms with Crippen molar-refractivity contribution in [3.63, 3.8) is 0 Å². The minimum Gasteiger partial charge on any atom is -0.458 e. The SMILES string of the molecule is [2H]c1c([2H])c([2H])c(-c2c([2H])c(-c3cccc(-c4cc(C(C)(C)C)cc(C(C)(C)C)c4)c3-[n+]3[c-]n(-c4cccc(Oc5ccc6c7ccccc7n(-c7cc(C(C)(C)C)ccn7)c6c5)c4)c4cc([Si](c5c([2H])c([2H])c([2H])c([2H])c5[2H])(c5c([2H])c([2H])c([2H])c([2H])c5[2H])c5c([2H])c([2H])c([2H])c([2H])c5[2H])ccc43)c([2H])c(-c3c([2H])c([2H])c([2H])c([2H])c3[2H])c2[2H])c([2H])c1[2H]. The van der Waals surface area contributed by atoms with Crippen molar-refractivity contribution in [2.45, 2.75) is 78.6 Å². The molecular formula is C90H78N4OSi. The van der Waals surface area contributed by atoms with Crippen LogP contribution >= 0.6 is 0 Å². The predicted molar refractivity (Wildman–Crippen MR) is 404 cm³/mol. The number of hydrogen-bond acceptors (Lipinski definition) is 2. The molecule has 0 spiro atoms. The molecule has 6 heteroatoms. The van der Waals surface area contributed by atoms with Gasteiger partial charge in [0.15, 0.2) is 8.07 Å². The summed E-state index contributed by atoms with van der Waals surface area (Å²) < 4.78 is 278. The van der Waals surface area contributed by atoms with Gasteiger partial charge in [0.05, 0.1) is 71.8 Å².